The van der Waals surface area contributed by atoms with Gasteiger partial charge in [0.25, 0.3) is 0 Å². The fourth-order valence-electron chi connectivity index (χ4n) is 4.11. The minimum absolute atomic E-state index is 0.165. The van der Waals surface area contributed by atoms with Crippen LogP contribution in [0.1, 0.15) is 16.7 Å². The number of hydrogen-bond acceptors (Lipinski definition) is 3. The Bertz CT molecular complexity index is 1290. The van der Waals surface area contributed by atoms with Crippen LogP contribution >= 0.6 is 0 Å². The van der Waals surface area contributed by atoms with Crippen LogP contribution in [0.15, 0.2) is 78.9 Å². The van der Waals surface area contributed by atoms with Gasteiger partial charge >= 0.3 is 12.1 Å². The quantitative estimate of drug-likeness (QED) is 0.304. The highest BCUT2D eigenvalue weighted by molar-refractivity contribution is 6.02. The Morgan fingerprint density at radius 3 is 1.97 bits per heavy atom. The fourth-order valence-corrected chi connectivity index (χ4v) is 4.11. The lowest BCUT2D eigenvalue weighted by atomic mass is 9.92. The Morgan fingerprint density at radius 1 is 0.882 bits per heavy atom. The molecule has 1 N–H and O–H groups in total. The van der Waals surface area contributed by atoms with E-state index in [1.807, 2.05) is 48.5 Å². The van der Waals surface area contributed by atoms with Gasteiger partial charge in [-0.2, -0.15) is 13.2 Å². The van der Waals surface area contributed by atoms with E-state index in [4.69, 9.17) is 4.74 Å². The predicted molar refractivity (Wildman–Crippen MR) is 124 cm³/mol. The van der Waals surface area contributed by atoms with Gasteiger partial charge in [-0.15, -0.1) is 0 Å². The van der Waals surface area contributed by atoms with Crippen molar-refractivity contribution in [1.82, 2.24) is 5.32 Å². The maximum atomic E-state index is 12.8. The summed E-state index contributed by atoms with van der Waals surface area (Å²) in [6.45, 7) is 0. The van der Waals surface area contributed by atoms with Crippen molar-refractivity contribution in [2.75, 3.05) is 7.11 Å². The maximum absolute atomic E-state index is 12.8. The largest absolute Gasteiger partial charge is 0.467 e. The Balaban J connectivity index is 1.60. The minimum Gasteiger partial charge on any atom is -0.467 e. The van der Waals surface area contributed by atoms with E-state index in [2.05, 4.69) is 11.4 Å². The van der Waals surface area contributed by atoms with Gasteiger partial charge in [-0.25, -0.2) is 4.79 Å². The van der Waals surface area contributed by atoms with Gasteiger partial charge in [-0.1, -0.05) is 60.7 Å². The van der Waals surface area contributed by atoms with Gasteiger partial charge in [0.1, 0.15) is 6.04 Å². The van der Waals surface area contributed by atoms with Crippen LogP contribution in [0.5, 0.6) is 0 Å². The summed E-state index contributed by atoms with van der Waals surface area (Å²) in [5.41, 5.74) is 0.524. The molecule has 0 aliphatic carbocycles. The lowest BCUT2D eigenvalue weighted by Gasteiger charge is -2.19. The zero-order valence-corrected chi connectivity index (χ0v) is 18.4. The molecule has 0 aliphatic rings. The first-order chi connectivity index (χ1) is 16.3. The molecule has 0 unspecified atom stereocenters. The lowest BCUT2D eigenvalue weighted by molar-refractivity contribution is -0.145. The molecule has 174 valence electrons. The molecule has 4 nitrogen and oxygen atoms in total. The molecule has 0 saturated heterocycles. The second-order valence-electron chi connectivity index (χ2n) is 8.02. The number of hydrogen-bond donors (Lipinski definition) is 1. The summed E-state index contributed by atoms with van der Waals surface area (Å²) in [5.74, 6) is -1.09. The van der Waals surface area contributed by atoms with E-state index in [1.54, 1.807) is 0 Å². The van der Waals surface area contributed by atoms with Crippen molar-refractivity contribution in [3.8, 4) is 0 Å². The second-order valence-corrected chi connectivity index (χ2v) is 8.02. The van der Waals surface area contributed by atoms with E-state index in [1.165, 1.54) is 19.2 Å². The number of nitrogens with one attached hydrogen (secondary N) is 1. The topological polar surface area (TPSA) is 55.4 Å². The third-order valence-electron chi connectivity index (χ3n) is 5.76. The number of esters is 1. The number of rotatable bonds is 6. The number of fused-ring (bicyclic) bond motifs is 2. The van der Waals surface area contributed by atoms with Gasteiger partial charge < -0.3 is 10.1 Å². The van der Waals surface area contributed by atoms with E-state index in [0.29, 0.717) is 5.56 Å². The molecule has 0 aromatic heterocycles. The third kappa shape index (κ3) is 5.03. The van der Waals surface area contributed by atoms with Crippen LogP contribution in [0.2, 0.25) is 0 Å². The first-order valence-corrected chi connectivity index (χ1v) is 10.7. The highest BCUT2D eigenvalue weighted by atomic mass is 19.4. The minimum atomic E-state index is -4.45. The number of amides is 1. The zero-order chi connectivity index (χ0) is 24.3. The molecule has 0 bridgehead atoms. The monoisotopic (exact) mass is 465 g/mol. The highest BCUT2D eigenvalue weighted by Crippen LogP contribution is 2.30. The molecule has 34 heavy (non-hydrogen) atoms. The number of benzene rings is 4. The van der Waals surface area contributed by atoms with Crippen LogP contribution in [0.4, 0.5) is 13.2 Å². The molecule has 1 amide bonds. The summed E-state index contributed by atoms with van der Waals surface area (Å²) in [6, 6.07) is 21.1. The van der Waals surface area contributed by atoms with Crippen LogP contribution in [-0.2, 0) is 33.3 Å². The van der Waals surface area contributed by atoms with E-state index in [0.717, 1.165) is 39.2 Å². The van der Waals surface area contributed by atoms with Gasteiger partial charge in [0, 0.05) is 6.42 Å². The van der Waals surface area contributed by atoms with Crippen molar-refractivity contribution in [2.45, 2.75) is 25.1 Å². The number of carbonyl (C=O) groups excluding carboxylic acids is 2. The number of ether oxygens (including phenoxy) is 1. The number of halogens is 3. The van der Waals surface area contributed by atoms with E-state index in [-0.39, 0.29) is 12.8 Å². The molecule has 7 heteroatoms. The lowest BCUT2D eigenvalue weighted by Crippen LogP contribution is -2.43. The first-order valence-electron chi connectivity index (χ1n) is 10.7. The average molecular weight is 465 g/mol. The molecule has 0 saturated carbocycles. The van der Waals surface area contributed by atoms with E-state index in [9.17, 15) is 22.8 Å². The van der Waals surface area contributed by atoms with E-state index >= 15 is 0 Å². The smallest absolute Gasteiger partial charge is 0.416 e. The summed E-state index contributed by atoms with van der Waals surface area (Å²) in [4.78, 5) is 25.3. The molecule has 4 aromatic carbocycles. The molecule has 0 radical (unpaired) electrons. The van der Waals surface area contributed by atoms with Crippen molar-refractivity contribution in [1.29, 1.82) is 0 Å². The van der Waals surface area contributed by atoms with Gasteiger partial charge in [0.05, 0.1) is 19.1 Å². The molecule has 4 aromatic rings. The van der Waals surface area contributed by atoms with Crippen LogP contribution in [-0.4, -0.2) is 25.0 Å². The zero-order valence-electron chi connectivity index (χ0n) is 18.4. The Morgan fingerprint density at radius 2 is 1.44 bits per heavy atom. The summed E-state index contributed by atoms with van der Waals surface area (Å²) < 4.78 is 43.3. The highest BCUT2D eigenvalue weighted by Gasteiger charge is 2.30. The van der Waals surface area contributed by atoms with Crippen molar-refractivity contribution < 1.29 is 27.5 Å². The standard InChI is InChI=1S/C27H22F3NO3/c1-34-26(33)24(31-25(32)14-17-10-12-20(13-11-17)27(28,29)30)16-23-21-8-4-2-6-18(21)15-19-7-3-5-9-22(19)23/h2-13,15,24H,14,16H2,1H3,(H,31,32)/t24-/m0/s1. The van der Waals surface area contributed by atoms with Crippen molar-refractivity contribution >= 4 is 33.4 Å². The maximum Gasteiger partial charge on any atom is 0.416 e. The molecular weight excluding hydrogens is 443 g/mol. The summed E-state index contributed by atoms with van der Waals surface area (Å²) >= 11 is 0. The summed E-state index contributed by atoms with van der Waals surface area (Å²) in [5, 5.41) is 6.65. The normalized spacial score (nSPS) is 12.5. The Labute approximate surface area is 194 Å². The summed E-state index contributed by atoms with van der Waals surface area (Å²) in [6.07, 6.45) is -4.41. The second kappa shape index (κ2) is 9.55. The van der Waals surface area contributed by atoms with Gasteiger partial charge in [0.2, 0.25) is 5.91 Å². The number of methoxy groups -OCH3 is 1. The Hall–Kier alpha value is -3.87. The van der Waals surface area contributed by atoms with Crippen molar-refractivity contribution in [3.05, 3.63) is 95.6 Å². The van der Waals surface area contributed by atoms with Gasteiger partial charge in [-0.05, 0) is 50.9 Å². The van der Waals surface area contributed by atoms with Crippen LogP contribution in [0, 0.1) is 0 Å². The fraction of sp³-hybridized carbons (Fsp3) is 0.185. The van der Waals surface area contributed by atoms with Crippen molar-refractivity contribution in [3.63, 3.8) is 0 Å². The van der Waals surface area contributed by atoms with E-state index < -0.39 is 29.7 Å². The summed E-state index contributed by atoms with van der Waals surface area (Å²) in [7, 11) is 1.25. The molecule has 1 atom stereocenters. The average Bonchev–Trinajstić information content (AvgIpc) is 2.82. The molecule has 0 aliphatic heterocycles. The first kappa shape index (κ1) is 23.3. The molecule has 0 fully saturated rings. The molecule has 4 rings (SSSR count). The van der Waals surface area contributed by atoms with Crippen LogP contribution < -0.4 is 5.32 Å². The molecule has 0 spiro atoms. The number of alkyl halides is 3. The van der Waals surface area contributed by atoms with Crippen molar-refractivity contribution in [2.24, 2.45) is 0 Å². The number of carbonyl (C=O) groups is 2. The predicted octanol–water partition coefficient (Wildman–Crippen LogP) is 5.45. The SMILES string of the molecule is COC(=O)[C@H](Cc1c2ccccc2cc2ccccc12)NC(=O)Cc1ccc(C(F)(F)F)cc1. The Kier molecular flexibility index (Phi) is 6.54. The molecular formula is C27H22F3NO3. The van der Waals surface area contributed by atoms with Gasteiger partial charge in [-0.3, -0.25) is 4.79 Å². The van der Waals surface area contributed by atoms with Gasteiger partial charge in [0.15, 0.2) is 0 Å². The molecule has 0 heterocycles. The van der Waals surface area contributed by atoms with Crippen LogP contribution in [0.3, 0.4) is 0 Å². The van der Waals surface area contributed by atoms with Crippen LogP contribution in [0.25, 0.3) is 21.5 Å². The third-order valence-corrected chi connectivity index (χ3v) is 5.76.